The molecule has 0 unspecified atom stereocenters. The molecular weight excluding hydrogens is 456 g/mol. The number of hydrogen-bond acceptors (Lipinski definition) is 8. The predicted molar refractivity (Wildman–Crippen MR) is 138 cm³/mol. The Labute approximate surface area is 209 Å². The molecule has 0 atom stereocenters. The molecule has 182 valence electrons. The summed E-state index contributed by atoms with van der Waals surface area (Å²) in [6.45, 7) is 6.28. The fraction of sp³-hybridized carbons (Fsp3) is 0.222. The molecule has 0 saturated carbocycles. The SMILES string of the molecule is CC(C)=CC(=O)C(=O)Nc1ccc(C#Cc2cc(-c3cnc(N)nc3)nc(N3CCOCC3)c2)cc1. The van der Waals surface area contributed by atoms with Crippen molar-refractivity contribution in [1.82, 2.24) is 15.0 Å². The molecule has 2 aromatic heterocycles. The third-order valence-electron chi connectivity index (χ3n) is 5.25. The molecule has 4 rings (SSSR count). The Kier molecular flexibility index (Phi) is 7.68. The molecule has 0 bridgehead atoms. The monoisotopic (exact) mass is 482 g/mol. The van der Waals surface area contributed by atoms with Crippen molar-refractivity contribution < 1.29 is 14.3 Å². The van der Waals surface area contributed by atoms with E-state index in [1.165, 1.54) is 6.08 Å². The number of hydrogen-bond donors (Lipinski definition) is 2. The van der Waals surface area contributed by atoms with Crippen molar-refractivity contribution in [2.45, 2.75) is 13.8 Å². The second-order valence-electron chi connectivity index (χ2n) is 8.40. The summed E-state index contributed by atoms with van der Waals surface area (Å²) in [6, 6.07) is 10.8. The minimum Gasteiger partial charge on any atom is -0.378 e. The molecule has 1 amide bonds. The van der Waals surface area contributed by atoms with Crippen LogP contribution in [0.25, 0.3) is 11.3 Å². The van der Waals surface area contributed by atoms with Crippen LogP contribution in [0.2, 0.25) is 0 Å². The molecule has 1 saturated heterocycles. The van der Waals surface area contributed by atoms with Gasteiger partial charge in [-0.3, -0.25) is 9.59 Å². The van der Waals surface area contributed by atoms with E-state index in [1.54, 1.807) is 50.5 Å². The van der Waals surface area contributed by atoms with Gasteiger partial charge >= 0.3 is 0 Å². The minimum absolute atomic E-state index is 0.198. The normalized spacial score (nSPS) is 12.8. The largest absolute Gasteiger partial charge is 0.378 e. The molecule has 0 radical (unpaired) electrons. The summed E-state index contributed by atoms with van der Waals surface area (Å²) >= 11 is 0. The van der Waals surface area contributed by atoms with Crippen LogP contribution in [0, 0.1) is 11.8 Å². The van der Waals surface area contributed by atoms with Crippen LogP contribution in [0.1, 0.15) is 25.0 Å². The van der Waals surface area contributed by atoms with E-state index in [2.05, 4.69) is 32.0 Å². The maximum absolute atomic E-state index is 12.0. The van der Waals surface area contributed by atoms with Crippen molar-refractivity contribution in [3.05, 3.63) is 71.6 Å². The number of aromatic nitrogens is 3. The predicted octanol–water partition coefficient (Wildman–Crippen LogP) is 2.83. The van der Waals surface area contributed by atoms with Crippen molar-refractivity contribution in [2.24, 2.45) is 0 Å². The average Bonchev–Trinajstić information content (AvgIpc) is 2.88. The molecule has 9 nitrogen and oxygen atoms in total. The number of nitrogens with two attached hydrogens (primary N) is 1. The first-order valence-corrected chi connectivity index (χ1v) is 11.4. The van der Waals surface area contributed by atoms with E-state index in [-0.39, 0.29) is 5.95 Å². The van der Waals surface area contributed by atoms with Gasteiger partial charge in [-0.25, -0.2) is 15.0 Å². The zero-order chi connectivity index (χ0) is 25.5. The van der Waals surface area contributed by atoms with Gasteiger partial charge in [0.05, 0.1) is 18.9 Å². The van der Waals surface area contributed by atoms with Gasteiger partial charge in [-0.2, -0.15) is 0 Å². The van der Waals surface area contributed by atoms with Crippen LogP contribution < -0.4 is 16.0 Å². The highest BCUT2D eigenvalue weighted by Gasteiger charge is 2.15. The van der Waals surface area contributed by atoms with Crippen LogP contribution in [0.5, 0.6) is 0 Å². The quantitative estimate of drug-likeness (QED) is 0.323. The number of carbonyl (C=O) groups excluding carboxylic acids is 2. The van der Waals surface area contributed by atoms with E-state index in [0.29, 0.717) is 24.6 Å². The summed E-state index contributed by atoms with van der Waals surface area (Å²) in [5.41, 5.74) is 9.89. The molecule has 1 aliphatic heterocycles. The summed E-state index contributed by atoms with van der Waals surface area (Å²) in [4.78, 5) is 38.9. The van der Waals surface area contributed by atoms with Crippen molar-refractivity contribution in [1.29, 1.82) is 0 Å². The second-order valence-corrected chi connectivity index (χ2v) is 8.40. The number of ketones is 1. The van der Waals surface area contributed by atoms with Gasteiger partial charge in [0.25, 0.3) is 5.91 Å². The van der Waals surface area contributed by atoms with E-state index < -0.39 is 11.7 Å². The average molecular weight is 483 g/mol. The summed E-state index contributed by atoms with van der Waals surface area (Å²) in [5.74, 6) is 6.08. The van der Waals surface area contributed by atoms with E-state index in [1.807, 2.05) is 12.1 Å². The van der Waals surface area contributed by atoms with Crippen LogP contribution in [-0.2, 0) is 14.3 Å². The summed E-state index contributed by atoms with van der Waals surface area (Å²) in [6.07, 6.45) is 4.58. The van der Waals surface area contributed by atoms with Gasteiger partial charge in [0.1, 0.15) is 5.82 Å². The number of nitrogens with zero attached hydrogens (tertiary/aromatic N) is 4. The summed E-state index contributed by atoms with van der Waals surface area (Å²) in [7, 11) is 0. The standard InChI is InChI=1S/C27H26N6O3/c1-18(2)13-24(34)26(35)31-22-7-5-19(6-8-22)3-4-20-14-23(21-16-29-27(28)30-17-21)32-25(15-20)33-9-11-36-12-10-33/h5-8,13-17H,9-12H2,1-2H3,(H,31,35)(H2,28,29,30). The lowest BCUT2D eigenvalue weighted by molar-refractivity contribution is -0.132. The molecule has 3 heterocycles. The molecule has 36 heavy (non-hydrogen) atoms. The van der Waals surface area contributed by atoms with E-state index >= 15 is 0 Å². The lowest BCUT2D eigenvalue weighted by Crippen LogP contribution is -2.36. The summed E-state index contributed by atoms with van der Waals surface area (Å²) < 4.78 is 5.47. The maximum atomic E-state index is 12.0. The number of allylic oxidation sites excluding steroid dienone is 1. The number of morpholine rings is 1. The van der Waals surface area contributed by atoms with Gasteiger partial charge in [-0.15, -0.1) is 0 Å². The number of rotatable bonds is 5. The van der Waals surface area contributed by atoms with Gasteiger partial charge in [0.2, 0.25) is 11.7 Å². The first kappa shape index (κ1) is 24.6. The van der Waals surface area contributed by atoms with Crippen molar-refractivity contribution in [2.75, 3.05) is 42.3 Å². The minimum atomic E-state index is -0.679. The Balaban J connectivity index is 1.57. The first-order valence-electron chi connectivity index (χ1n) is 11.4. The van der Waals surface area contributed by atoms with Gasteiger partial charge in [-0.1, -0.05) is 17.4 Å². The second kappa shape index (κ2) is 11.3. The van der Waals surface area contributed by atoms with Crippen molar-refractivity contribution >= 4 is 29.1 Å². The Hall–Kier alpha value is -4.55. The fourth-order valence-electron chi connectivity index (χ4n) is 3.46. The third-order valence-corrected chi connectivity index (χ3v) is 5.25. The first-order chi connectivity index (χ1) is 17.4. The van der Waals surface area contributed by atoms with Gasteiger partial charge in [-0.05, 0) is 56.3 Å². The molecule has 1 aliphatic rings. The molecule has 3 N–H and O–H groups in total. The van der Waals surface area contributed by atoms with Crippen molar-refractivity contribution in [3.8, 4) is 23.1 Å². The highest BCUT2D eigenvalue weighted by atomic mass is 16.5. The topological polar surface area (TPSA) is 123 Å². The van der Waals surface area contributed by atoms with Crippen LogP contribution >= 0.6 is 0 Å². The van der Waals surface area contributed by atoms with Crippen LogP contribution in [0.15, 0.2) is 60.4 Å². The Morgan fingerprint density at radius 2 is 1.69 bits per heavy atom. The number of amides is 1. The summed E-state index contributed by atoms with van der Waals surface area (Å²) in [5, 5.41) is 2.60. The molecule has 0 spiro atoms. The number of nitrogens with one attached hydrogen (secondary N) is 1. The number of benzene rings is 1. The number of pyridine rings is 1. The van der Waals surface area contributed by atoms with E-state index in [0.717, 1.165) is 41.2 Å². The Bertz CT molecular complexity index is 1340. The molecule has 3 aromatic rings. The van der Waals surface area contributed by atoms with Gasteiger partial charge < -0.3 is 20.7 Å². The Morgan fingerprint density at radius 1 is 1.03 bits per heavy atom. The van der Waals surface area contributed by atoms with Crippen LogP contribution in [-0.4, -0.2) is 52.9 Å². The van der Waals surface area contributed by atoms with E-state index in [4.69, 9.17) is 15.5 Å². The van der Waals surface area contributed by atoms with Crippen LogP contribution in [0.4, 0.5) is 17.5 Å². The zero-order valence-electron chi connectivity index (χ0n) is 20.1. The molecule has 1 fully saturated rings. The maximum Gasteiger partial charge on any atom is 0.296 e. The van der Waals surface area contributed by atoms with Crippen molar-refractivity contribution in [3.63, 3.8) is 0 Å². The number of carbonyl (C=O) groups is 2. The third kappa shape index (κ3) is 6.52. The Morgan fingerprint density at radius 3 is 2.36 bits per heavy atom. The number of nitrogen functional groups attached to an aromatic ring is 1. The highest BCUT2D eigenvalue weighted by Crippen LogP contribution is 2.23. The smallest absolute Gasteiger partial charge is 0.296 e. The van der Waals surface area contributed by atoms with Gasteiger partial charge in [0, 0.05) is 47.9 Å². The van der Waals surface area contributed by atoms with Crippen LogP contribution in [0.3, 0.4) is 0 Å². The van der Waals surface area contributed by atoms with E-state index in [9.17, 15) is 9.59 Å². The zero-order valence-corrected chi connectivity index (χ0v) is 20.1. The lowest BCUT2D eigenvalue weighted by Gasteiger charge is -2.28. The number of ether oxygens (including phenoxy) is 1. The lowest BCUT2D eigenvalue weighted by atomic mass is 10.1. The highest BCUT2D eigenvalue weighted by molar-refractivity contribution is 6.44. The molecular formula is C27H26N6O3. The number of anilines is 3. The van der Waals surface area contributed by atoms with Gasteiger partial charge in [0.15, 0.2) is 0 Å². The molecule has 1 aromatic carbocycles. The fourth-order valence-corrected chi connectivity index (χ4v) is 3.46. The molecule has 9 heteroatoms. The molecule has 0 aliphatic carbocycles.